The van der Waals surface area contributed by atoms with Gasteiger partial charge >= 0.3 is 0 Å². The number of carbonyl (C=O) groups is 2. The summed E-state index contributed by atoms with van der Waals surface area (Å²) in [5, 5.41) is 2.88. The van der Waals surface area contributed by atoms with E-state index in [1.807, 2.05) is 18.7 Å². The van der Waals surface area contributed by atoms with Gasteiger partial charge in [-0.15, -0.1) is 0 Å². The Hall–Kier alpha value is -1.10. The van der Waals surface area contributed by atoms with Crippen molar-refractivity contribution in [3.8, 4) is 0 Å². The van der Waals surface area contributed by atoms with Gasteiger partial charge < -0.3 is 15.0 Å². The van der Waals surface area contributed by atoms with Crippen molar-refractivity contribution in [1.29, 1.82) is 0 Å². The predicted molar refractivity (Wildman–Crippen MR) is 76.2 cm³/mol. The molecule has 5 nitrogen and oxygen atoms in total. The molecule has 4 unspecified atom stereocenters. The van der Waals surface area contributed by atoms with Crippen molar-refractivity contribution in [3.63, 3.8) is 0 Å². The molecule has 2 saturated heterocycles. The summed E-state index contributed by atoms with van der Waals surface area (Å²) in [6.45, 7) is 7.51. The lowest BCUT2D eigenvalue weighted by molar-refractivity contribution is -0.153. The molecule has 2 aliphatic heterocycles. The van der Waals surface area contributed by atoms with Gasteiger partial charge in [-0.2, -0.15) is 0 Å². The van der Waals surface area contributed by atoms with Crippen molar-refractivity contribution in [1.82, 2.24) is 10.2 Å². The quantitative estimate of drug-likeness (QED) is 0.827. The maximum atomic E-state index is 12.7. The number of amides is 2. The molecule has 5 heteroatoms. The van der Waals surface area contributed by atoms with Gasteiger partial charge in [0.2, 0.25) is 11.8 Å². The van der Waals surface area contributed by atoms with Gasteiger partial charge in [0.1, 0.15) is 12.1 Å². The van der Waals surface area contributed by atoms with Gasteiger partial charge in [-0.1, -0.05) is 20.3 Å². The third-order valence-electron chi connectivity index (χ3n) is 4.56. The highest BCUT2D eigenvalue weighted by atomic mass is 16.5. The van der Waals surface area contributed by atoms with Crippen LogP contribution in [0.5, 0.6) is 0 Å². The molecule has 2 aliphatic rings. The van der Waals surface area contributed by atoms with Crippen molar-refractivity contribution in [2.24, 2.45) is 5.92 Å². The van der Waals surface area contributed by atoms with E-state index < -0.39 is 0 Å². The van der Waals surface area contributed by atoms with Crippen LogP contribution in [0.25, 0.3) is 0 Å². The number of carbonyl (C=O) groups excluding carboxylic acids is 2. The zero-order chi connectivity index (χ0) is 14.7. The molecule has 0 aromatic heterocycles. The summed E-state index contributed by atoms with van der Waals surface area (Å²) in [5.41, 5.74) is 0. The number of hydrogen-bond acceptors (Lipinski definition) is 3. The number of piperazine rings is 1. The number of rotatable bonds is 5. The van der Waals surface area contributed by atoms with Gasteiger partial charge in [-0.25, -0.2) is 0 Å². The largest absolute Gasteiger partial charge is 0.381 e. The van der Waals surface area contributed by atoms with E-state index in [9.17, 15) is 9.59 Å². The fourth-order valence-electron chi connectivity index (χ4n) is 3.30. The summed E-state index contributed by atoms with van der Waals surface area (Å²) >= 11 is 0. The molecule has 0 aliphatic carbocycles. The average molecular weight is 282 g/mol. The lowest BCUT2D eigenvalue weighted by Gasteiger charge is -2.43. The fourth-order valence-corrected chi connectivity index (χ4v) is 3.30. The van der Waals surface area contributed by atoms with Gasteiger partial charge in [-0.05, 0) is 26.2 Å². The average Bonchev–Trinajstić information content (AvgIpc) is 2.95. The highest BCUT2D eigenvalue weighted by Crippen LogP contribution is 2.26. The van der Waals surface area contributed by atoms with Crippen molar-refractivity contribution in [2.75, 3.05) is 13.2 Å². The second-order valence-corrected chi connectivity index (χ2v) is 5.88. The lowest BCUT2D eigenvalue weighted by Crippen LogP contribution is -2.66. The number of nitrogens with zero attached hydrogens (tertiary/aromatic N) is 1. The number of hydrogen-bond donors (Lipinski definition) is 1. The van der Waals surface area contributed by atoms with Crippen LogP contribution in [-0.2, 0) is 14.3 Å². The number of nitrogens with one attached hydrogen (secondary N) is 1. The standard InChI is InChI=1S/C15H26N2O3/c1-4-6-12-15(19)17(13(5-2)14(18)16-12)10(3)11-7-8-20-9-11/h10-13H,4-9H2,1-3H3,(H,16,18). The molecule has 2 rings (SSSR count). The molecule has 0 radical (unpaired) electrons. The maximum Gasteiger partial charge on any atom is 0.246 e. The van der Waals surface area contributed by atoms with E-state index >= 15 is 0 Å². The molecule has 114 valence electrons. The van der Waals surface area contributed by atoms with Crippen LogP contribution < -0.4 is 5.32 Å². The molecule has 1 N–H and O–H groups in total. The molecule has 0 aromatic rings. The minimum Gasteiger partial charge on any atom is -0.381 e. The first-order chi connectivity index (χ1) is 9.60. The third-order valence-corrected chi connectivity index (χ3v) is 4.56. The van der Waals surface area contributed by atoms with E-state index in [0.717, 1.165) is 19.4 Å². The molecule has 0 spiro atoms. The van der Waals surface area contributed by atoms with Crippen LogP contribution in [0.3, 0.4) is 0 Å². The lowest BCUT2D eigenvalue weighted by atomic mass is 9.93. The molecule has 0 bridgehead atoms. The molecule has 20 heavy (non-hydrogen) atoms. The Morgan fingerprint density at radius 3 is 2.70 bits per heavy atom. The first-order valence-electron chi connectivity index (χ1n) is 7.80. The highest BCUT2D eigenvalue weighted by Gasteiger charge is 2.43. The molecule has 2 heterocycles. The molecular formula is C15H26N2O3. The molecule has 0 aromatic carbocycles. The Bertz CT molecular complexity index is 366. The molecule has 0 saturated carbocycles. The van der Waals surface area contributed by atoms with Crippen molar-refractivity contribution < 1.29 is 14.3 Å². The third kappa shape index (κ3) is 2.82. The Labute approximate surface area is 121 Å². The van der Waals surface area contributed by atoms with Crippen LogP contribution in [0.2, 0.25) is 0 Å². The van der Waals surface area contributed by atoms with Crippen LogP contribution >= 0.6 is 0 Å². The van der Waals surface area contributed by atoms with Crippen LogP contribution in [0.15, 0.2) is 0 Å². The summed E-state index contributed by atoms with van der Waals surface area (Å²) in [7, 11) is 0. The molecular weight excluding hydrogens is 256 g/mol. The Balaban J connectivity index is 2.18. The Morgan fingerprint density at radius 2 is 2.15 bits per heavy atom. The predicted octanol–water partition coefficient (Wildman–Crippen LogP) is 1.32. The summed E-state index contributed by atoms with van der Waals surface area (Å²) < 4.78 is 5.44. The zero-order valence-electron chi connectivity index (χ0n) is 12.7. The zero-order valence-corrected chi connectivity index (χ0v) is 12.7. The minimum atomic E-state index is -0.347. The van der Waals surface area contributed by atoms with Gasteiger partial charge in [0.15, 0.2) is 0 Å². The van der Waals surface area contributed by atoms with Crippen LogP contribution in [-0.4, -0.2) is 48.1 Å². The molecule has 4 atom stereocenters. The van der Waals surface area contributed by atoms with Crippen molar-refractivity contribution in [2.45, 2.75) is 64.6 Å². The highest BCUT2D eigenvalue weighted by molar-refractivity contribution is 5.97. The van der Waals surface area contributed by atoms with Gasteiger partial charge in [0.05, 0.1) is 6.61 Å². The summed E-state index contributed by atoms with van der Waals surface area (Å²) in [5.74, 6) is 0.426. The SMILES string of the molecule is CCCC1NC(=O)C(CC)N(C(C)C2CCOC2)C1=O. The Morgan fingerprint density at radius 1 is 1.40 bits per heavy atom. The second kappa shape index (κ2) is 6.57. The monoisotopic (exact) mass is 282 g/mol. The van der Waals surface area contributed by atoms with Crippen LogP contribution in [0, 0.1) is 5.92 Å². The Kier molecular flexibility index (Phi) is 5.02. The minimum absolute atomic E-state index is 0.00341. The van der Waals surface area contributed by atoms with Crippen molar-refractivity contribution >= 4 is 11.8 Å². The molecule has 2 amide bonds. The number of ether oxygens (including phenoxy) is 1. The second-order valence-electron chi connectivity index (χ2n) is 5.88. The first-order valence-corrected chi connectivity index (χ1v) is 7.80. The topological polar surface area (TPSA) is 58.6 Å². The molecule has 2 fully saturated rings. The van der Waals surface area contributed by atoms with Gasteiger partial charge in [0.25, 0.3) is 0 Å². The van der Waals surface area contributed by atoms with Crippen LogP contribution in [0.1, 0.15) is 46.5 Å². The van der Waals surface area contributed by atoms with E-state index in [4.69, 9.17) is 4.74 Å². The maximum absolute atomic E-state index is 12.7. The van der Waals surface area contributed by atoms with E-state index in [1.165, 1.54) is 0 Å². The van der Waals surface area contributed by atoms with Gasteiger partial charge in [-0.3, -0.25) is 9.59 Å². The fraction of sp³-hybridized carbons (Fsp3) is 0.867. The summed E-state index contributed by atoms with van der Waals surface area (Å²) in [6, 6.07) is -0.605. The van der Waals surface area contributed by atoms with E-state index in [0.29, 0.717) is 25.4 Å². The van der Waals surface area contributed by atoms with E-state index in [2.05, 4.69) is 12.2 Å². The van der Waals surface area contributed by atoms with Crippen LogP contribution in [0.4, 0.5) is 0 Å². The first kappa shape index (κ1) is 15.3. The summed E-state index contributed by atoms with van der Waals surface area (Å²) in [6.07, 6.45) is 3.24. The summed E-state index contributed by atoms with van der Waals surface area (Å²) in [4.78, 5) is 26.8. The van der Waals surface area contributed by atoms with Gasteiger partial charge in [0, 0.05) is 18.6 Å². The normalized spacial score (nSPS) is 32.4. The smallest absolute Gasteiger partial charge is 0.246 e. The van der Waals surface area contributed by atoms with E-state index in [-0.39, 0.29) is 29.9 Å². The van der Waals surface area contributed by atoms with Crippen molar-refractivity contribution in [3.05, 3.63) is 0 Å². The van der Waals surface area contributed by atoms with E-state index in [1.54, 1.807) is 0 Å².